The number of hydrogen-bond acceptors (Lipinski definition) is 2. The Morgan fingerprint density at radius 3 is 1.38 bits per heavy atom. The molecule has 4 heteroatoms. The SMILES string of the molecule is CC([Si](C)N1CCCC1)[Si](C)N1CCCC1. The van der Waals surface area contributed by atoms with Crippen molar-refractivity contribution in [3.05, 3.63) is 0 Å². The van der Waals surface area contributed by atoms with Crippen LogP contribution in [-0.4, -0.2) is 53.2 Å². The van der Waals surface area contributed by atoms with E-state index in [1.165, 1.54) is 51.9 Å². The summed E-state index contributed by atoms with van der Waals surface area (Å²) < 4.78 is 5.64. The third-order valence-corrected chi connectivity index (χ3v) is 12.4. The molecular weight excluding hydrogens is 228 g/mol. The topological polar surface area (TPSA) is 6.48 Å². The van der Waals surface area contributed by atoms with Crippen LogP contribution in [0.15, 0.2) is 0 Å². The van der Waals surface area contributed by atoms with Gasteiger partial charge in [0, 0.05) is 0 Å². The van der Waals surface area contributed by atoms with Crippen molar-refractivity contribution < 1.29 is 0 Å². The second-order valence-electron chi connectivity index (χ2n) is 5.39. The summed E-state index contributed by atoms with van der Waals surface area (Å²) in [4.78, 5) is 0. The molecule has 92 valence electrons. The van der Waals surface area contributed by atoms with Crippen LogP contribution in [0, 0.1) is 0 Å². The number of rotatable bonds is 4. The summed E-state index contributed by atoms with van der Waals surface area (Å²) >= 11 is 0. The van der Waals surface area contributed by atoms with Gasteiger partial charge in [0.25, 0.3) is 0 Å². The highest BCUT2D eigenvalue weighted by atomic mass is 28.3. The first-order valence-electron chi connectivity index (χ1n) is 6.87. The van der Waals surface area contributed by atoms with Gasteiger partial charge in [0.2, 0.25) is 0 Å². The highest BCUT2D eigenvalue weighted by Gasteiger charge is 2.33. The van der Waals surface area contributed by atoms with Crippen LogP contribution >= 0.6 is 0 Å². The van der Waals surface area contributed by atoms with Gasteiger partial charge in [-0.3, -0.25) is 0 Å². The second-order valence-corrected chi connectivity index (χ2v) is 11.5. The molecule has 0 unspecified atom stereocenters. The predicted octanol–water partition coefficient (Wildman–Crippen LogP) is 2.35. The zero-order valence-electron chi connectivity index (χ0n) is 11.1. The van der Waals surface area contributed by atoms with E-state index in [4.69, 9.17) is 0 Å². The molecule has 16 heavy (non-hydrogen) atoms. The van der Waals surface area contributed by atoms with Crippen molar-refractivity contribution in [2.75, 3.05) is 26.2 Å². The Morgan fingerprint density at radius 1 is 0.750 bits per heavy atom. The van der Waals surface area contributed by atoms with E-state index in [1.807, 2.05) is 0 Å². The molecule has 0 aromatic carbocycles. The van der Waals surface area contributed by atoms with E-state index >= 15 is 0 Å². The summed E-state index contributed by atoms with van der Waals surface area (Å²) in [6, 6.07) is 0. The third-order valence-electron chi connectivity index (χ3n) is 4.46. The molecule has 0 amide bonds. The van der Waals surface area contributed by atoms with E-state index in [9.17, 15) is 0 Å². The molecule has 2 saturated heterocycles. The normalized spacial score (nSPS) is 24.4. The van der Waals surface area contributed by atoms with Gasteiger partial charge in [-0.05, 0) is 57.0 Å². The average Bonchev–Trinajstić information content (AvgIpc) is 2.97. The average molecular weight is 255 g/mol. The van der Waals surface area contributed by atoms with Crippen molar-refractivity contribution >= 4 is 17.9 Å². The molecule has 2 rings (SSSR count). The molecule has 0 atom stereocenters. The Labute approximate surface area is 104 Å². The Kier molecular flexibility index (Phi) is 4.64. The van der Waals surface area contributed by atoms with Crippen molar-refractivity contribution in [3.63, 3.8) is 0 Å². The highest BCUT2D eigenvalue weighted by Crippen LogP contribution is 2.24. The second kappa shape index (κ2) is 5.80. The monoisotopic (exact) mass is 254 g/mol. The van der Waals surface area contributed by atoms with Crippen LogP contribution in [0.3, 0.4) is 0 Å². The maximum absolute atomic E-state index is 2.82. The van der Waals surface area contributed by atoms with Crippen molar-refractivity contribution in [1.29, 1.82) is 0 Å². The summed E-state index contributed by atoms with van der Waals surface area (Å²) in [5.41, 5.74) is 0. The maximum Gasteiger partial charge on any atom is 0.134 e. The fourth-order valence-electron chi connectivity index (χ4n) is 2.99. The van der Waals surface area contributed by atoms with E-state index in [0.717, 1.165) is 5.16 Å². The van der Waals surface area contributed by atoms with E-state index in [0.29, 0.717) is 0 Å². The summed E-state index contributed by atoms with van der Waals surface area (Å²) in [7, 11) is -0.487. The first-order chi connectivity index (χ1) is 7.70. The summed E-state index contributed by atoms with van der Waals surface area (Å²) in [6.45, 7) is 13.2. The lowest BCUT2D eigenvalue weighted by atomic mass is 10.4. The lowest BCUT2D eigenvalue weighted by Gasteiger charge is -2.34. The van der Waals surface area contributed by atoms with Gasteiger partial charge in [-0.2, -0.15) is 0 Å². The van der Waals surface area contributed by atoms with Crippen LogP contribution in [0.4, 0.5) is 0 Å². The fraction of sp³-hybridized carbons (Fsp3) is 1.00. The van der Waals surface area contributed by atoms with Crippen LogP contribution in [-0.2, 0) is 0 Å². The van der Waals surface area contributed by atoms with Gasteiger partial charge >= 0.3 is 0 Å². The van der Waals surface area contributed by atoms with Crippen molar-refractivity contribution in [1.82, 2.24) is 9.13 Å². The Bertz CT molecular complexity index is 191. The summed E-state index contributed by atoms with van der Waals surface area (Å²) in [5, 5.41) is 1.01. The standard InChI is InChI=1S/C12H26N2Si2/c1-12(15(2)13-8-4-5-9-13)16(3)14-10-6-7-11-14/h12H,4-11H2,1-3H3. The van der Waals surface area contributed by atoms with E-state index in [2.05, 4.69) is 29.1 Å². The number of hydrogen-bond donors (Lipinski definition) is 0. The van der Waals surface area contributed by atoms with Gasteiger partial charge < -0.3 is 9.13 Å². The minimum atomic E-state index is -0.244. The van der Waals surface area contributed by atoms with E-state index in [1.54, 1.807) is 0 Å². The minimum Gasteiger partial charge on any atom is -0.324 e. The van der Waals surface area contributed by atoms with E-state index in [-0.39, 0.29) is 17.9 Å². The van der Waals surface area contributed by atoms with Gasteiger partial charge in [0.1, 0.15) is 17.9 Å². The molecule has 2 nitrogen and oxygen atoms in total. The van der Waals surface area contributed by atoms with Crippen LogP contribution in [0.2, 0.25) is 18.3 Å². The summed E-state index contributed by atoms with van der Waals surface area (Å²) in [6.07, 6.45) is 5.79. The molecule has 0 aromatic heterocycles. The Balaban J connectivity index is 1.86. The smallest absolute Gasteiger partial charge is 0.134 e. The Morgan fingerprint density at radius 2 is 1.06 bits per heavy atom. The van der Waals surface area contributed by atoms with Crippen LogP contribution in [0.5, 0.6) is 0 Å². The minimum absolute atomic E-state index is 0.244. The first kappa shape index (κ1) is 12.8. The lowest BCUT2D eigenvalue weighted by Crippen LogP contribution is -2.48. The highest BCUT2D eigenvalue weighted by molar-refractivity contribution is 6.76. The molecule has 0 aromatic rings. The van der Waals surface area contributed by atoms with Crippen LogP contribution in [0.1, 0.15) is 32.6 Å². The molecule has 2 aliphatic rings. The predicted molar refractivity (Wildman–Crippen MR) is 74.3 cm³/mol. The largest absolute Gasteiger partial charge is 0.324 e. The molecular formula is C12H26N2Si2. The molecule has 2 radical (unpaired) electrons. The first-order valence-corrected chi connectivity index (χ1v) is 10.9. The number of nitrogens with zero attached hydrogens (tertiary/aromatic N) is 2. The molecule has 0 bridgehead atoms. The molecule has 0 saturated carbocycles. The Hall–Kier alpha value is 0.354. The zero-order chi connectivity index (χ0) is 11.5. The van der Waals surface area contributed by atoms with Crippen molar-refractivity contribution in [2.45, 2.75) is 50.9 Å². The maximum atomic E-state index is 2.82. The van der Waals surface area contributed by atoms with E-state index < -0.39 is 0 Å². The molecule has 0 spiro atoms. The quantitative estimate of drug-likeness (QED) is 0.711. The van der Waals surface area contributed by atoms with Crippen molar-refractivity contribution in [3.8, 4) is 0 Å². The van der Waals surface area contributed by atoms with Crippen LogP contribution in [0.25, 0.3) is 0 Å². The third kappa shape index (κ3) is 2.78. The van der Waals surface area contributed by atoms with Gasteiger partial charge in [0.15, 0.2) is 0 Å². The van der Waals surface area contributed by atoms with Crippen molar-refractivity contribution in [2.24, 2.45) is 0 Å². The van der Waals surface area contributed by atoms with Gasteiger partial charge in [0.05, 0.1) is 0 Å². The molecule has 2 heterocycles. The molecule has 2 aliphatic heterocycles. The van der Waals surface area contributed by atoms with Gasteiger partial charge in [-0.1, -0.05) is 20.0 Å². The summed E-state index contributed by atoms with van der Waals surface area (Å²) in [5.74, 6) is 0. The van der Waals surface area contributed by atoms with Gasteiger partial charge in [-0.25, -0.2) is 0 Å². The van der Waals surface area contributed by atoms with Crippen LogP contribution < -0.4 is 0 Å². The fourth-order valence-corrected chi connectivity index (χ4v) is 9.64. The van der Waals surface area contributed by atoms with Gasteiger partial charge in [-0.15, -0.1) is 0 Å². The molecule has 0 N–H and O–H groups in total. The zero-order valence-corrected chi connectivity index (χ0v) is 13.1. The molecule has 0 aliphatic carbocycles. The molecule has 2 fully saturated rings. The lowest BCUT2D eigenvalue weighted by molar-refractivity contribution is 0.513.